The molecule has 0 aliphatic heterocycles. The number of hydrogen-bond donors (Lipinski definition) is 2. The zero-order valence-corrected chi connectivity index (χ0v) is 13.2. The third kappa shape index (κ3) is 3.98. The summed E-state index contributed by atoms with van der Waals surface area (Å²) < 4.78 is 18.8. The van der Waals surface area contributed by atoms with Gasteiger partial charge in [0.05, 0.1) is 29.1 Å². The van der Waals surface area contributed by atoms with Crippen LogP contribution in [-0.2, 0) is 4.79 Å². The maximum Gasteiger partial charge on any atom is 0.259 e. The van der Waals surface area contributed by atoms with Gasteiger partial charge in [0, 0.05) is 13.0 Å². The summed E-state index contributed by atoms with van der Waals surface area (Å²) in [5, 5.41) is 5.15. The third-order valence-corrected chi connectivity index (χ3v) is 3.28. The molecule has 2 rings (SSSR count). The van der Waals surface area contributed by atoms with Crippen LogP contribution in [0.3, 0.4) is 0 Å². The lowest BCUT2D eigenvalue weighted by molar-refractivity contribution is -0.114. The van der Waals surface area contributed by atoms with Crippen molar-refractivity contribution in [1.29, 1.82) is 0 Å². The molecule has 0 aliphatic carbocycles. The quantitative estimate of drug-likeness (QED) is 0.894. The lowest BCUT2D eigenvalue weighted by Gasteiger charge is -2.13. The molecule has 23 heavy (non-hydrogen) atoms. The molecule has 0 saturated carbocycles. The summed E-state index contributed by atoms with van der Waals surface area (Å²) in [6, 6.07) is 8.57. The molecule has 0 spiro atoms. The van der Waals surface area contributed by atoms with Crippen molar-refractivity contribution < 1.29 is 18.7 Å². The predicted molar refractivity (Wildman–Crippen MR) is 86.7 cm³/mol. The summed E-state index contributed by atoms with van der Waals surface area (Å²) in [6.07, 6.45) is 0. The number of ether oxygens (including phenoxy) is 1. The van der Waals surface area contributed by atoms with Crippen LogP contribution in [0.4, 0.5) is 15.8 Å². The maximum atomic E-state index is 13.6. The average Bonchev–Trinajstić information content (AvgIpc) is 2.50. The molecule has 5 nitrogen and oxygen atoms in total. The fraction of sp³-hybridized carbons (Fsp3) is 0.125. The Morgan fingerprint density at radius 3 is 2.43 bits per heavy atom. The second kappa shape index (κ2) is 7.11. The highest BCUT2D eigenvalue weighted by Crippen LogP contribution is 2.31. The van der Waals surface area contributed by atoms with Gasteiger partial charge < -0.3 is 15.4 Å². The third-order valence-electron chi connectivity index (χ3n) is 2.97. The Kier molecular flexibility index (Phi) is 5.18. The van der Waals surface area contributed by atoms with Gasteiger partial charge in [0.2, 0.25) is 5.91 Å². The van der Waals surface area contributed by atoms with E-state index in [1.165, 1.54) is 44.4 Å². The summed E-state index contributed by atoms with van der Waals surface area (Å²) in [7, 11) is 1.38. The smallest absolute Gasteiger partial charge is 0.259 e. The highest BCUT2D eigenvalue weighted by Gasteiger charge is 2.17. The number of anilines is 2. The number of amides is 2. The predicted octanol–water partition coefficient (Wildman–Crippen LogP) is 3.70. The highest BCUT2D eigenvalue weighted by molar-refractivity contribution is 6.34. The Bertz CT molecular complexity index is 765. The monoisotopic (exact) mass is 336 g/mol. The Morgan fingerprint density at radius 2 is 1.83 bits per heavy atom. The van der Waals surface area contributed by atoms with Crippen LogP contribution in [-0.4, -0.2) is 18.9 Å². The summed E-state index contributed by atoms with van der Waals surface area (Å²) in [4.78, 5) is 23.5. The Labute approximate surface area is 137 Å². The molecular formula is C16H14ClFN2O3. The van der Waals surface area contributed by atoms with E-state index in [1.807, 2.05) is 0 Å². The largest absolute Gasteiger partial charge is 0.496 e. The van der Waals surface area contributed by atoms with E-state index in [0.29, 0.717) is 5.69 Å². The van der Waals surface area contributed by atoms with E-state index in [0.717, 1.165) is 0 Å². The van der Waals surface area contributed by atoms with E-state index >= 15 is 0 Å². The van der Waals surface area contributed by atoms with Crippen LogP contribution in [0.15, 0.2) is 36.4 Å². The number of halogens is 2. The van der Waals surface area contributed by atoms with Gasteiger partial charge in [-0.1, -0.05) is 23.7 Å². The number of rotatable bonds is 4. The van der Waals surface area contributed by atoms with Crippen LogP contribution in [0.2, 0.25) is 5.02 Å². The molecule has 2 aromatic rings. The Hall–Kier alpha value is -2.60. The number of carbonyl (C=O) groups is 2. The Balaban J connectivity index is 2.35. The van der Waals surface area contributed by atoms with Crippen LogP contribution in [0.25, 0.3) is 0 Å². The molecule has 0 saturated heterocycles. The molecule has 0 heterocycles. The first-order valence-corrected chi connectivity index (χ1v) is 7.01. The van der Waals surface area contributed by atoms with Crippen LogP contribution in [0, 0.1) is 5.82 Å². The van der Waals surface area contributed by atoms with Crippen molar-refractivity contribution in [3.63, 3.8) is 0 Å². The average molecular weight is 337 g/mol. The van der Waals surface area contributed by atoms with Gasteiger partial charge in [0.1, 0.15) is 11.6 Å². The topological polar surface area (TPSA) is 67.4 Å². The molecule has 2 aromatic carbocycles. The van der Waals surface area contributed by atoms with E-state index in [4.69, 9.17) is 16.3 Å². The molecule has 2 amide bonds. The number of methoxy groups -OCH3 is 1. The van der Waals surface area contributed by atoms with E-state index in [9.17, 15) is 14.0 Å². The fourth-order valence-electron chi connectivity index (χ4n) is 1.94. The minimum Gasteiger partial charge on any atom is -0.496 e. The fourth-order valence-corrected chi connectivity index (χ4v) is 2.15. The molecule has 120 valence electrons. The number of nitrogens with one attached hydrogen (secondary N) is 2. The van der Waals surface area contributed by atoms with Gasteiger partial charge in [0.25, 0.3) is 5.91 Å². The summed E-state index contributed by atoms with van der Waals surface area (Å²) in [6.45, 7) is 1.33. The van der Waals surface area contributed by atoms with Crippen molar-refractivity contribution in [2.24, 2.45) is 0 Å². The van der Waals surface area contributed by atoms with Gasteiger partial charge in [-0.25, -0.2) is 4.39 Å². The van der Waals surface area contributed by atoms with Crippen molar-refractivity contribution in [3.8, 4) is 5.75 Å². The van der Waals surface area contributed by atoms with Crippen molar-refractivity contribution in [1.82, 2.24) is 0 Å². The number of para-hydroxylation sites is 1. The minimum atomic E-state index is -0.580. The highest BCUT2D eigenvalue weighted by atomic mass is 35.5. The summed E-state index contributed by atoms with van der Waals surface area (Å²) >= 11 is 6.06. The Morgan fingerprint density at radius 1 is 1.13 bits per heavy atom. The lowest BCUT2D eigenvalue weighted by Crippen LogP contribution is -2.15. The first kappa shape index (κ1) is 16.8. The van der Waals surface area contributed by atoms with E-state index in [1.54, 1.807) is 6.07 Å². The molecule has 0 radical (unpaired) electrons. The molecule has 0 bridgehead atoms. The zero-order chi connectivity index (χ0) is 17.0. The molecule has 0 unspecified atom stereocenters. The number of hydrogen-bond acceptors (Lipinski definition) is 3. The molecule has 0 aliphatic rings. The van der Waals surface area contributed by atoms with Gasteiger partial charge >= 0.3 is 0 Å². The van der Waals surface area contributed by atoms with Crippen LogP contribution < -0.4 is 15.4 Å². The van der Waals surface area contributed by atoms with E-state index in [2.05, 4.69) is 10.6 Å². The van der Waals surface area contributed by atoms with Gasteiger partial charge in [-0.15, -0.1) is 0 Å². The zero-order valence-electron chi connectivity index (χ0n) is 12.4. The van der Waals surface area contributed by atoms with Gasteiger partial charge in [-0.3, -0.25) is 9.59 Å². The molecule has 0 aromatic heterocycles. The van der Waals surface area contributed by atoms with Crippen molar-refractivity contribution >= 4 is 34.8 Å². The second-order valence-electron chi connectivity index (χ2n) is 4.65. The van der Waals surface area contributed by atoms with Gasteiger partial charge in [0.15, 0.2) is 0 Å². The lowest BCUT2D eigenvalue weighted by atomic mass is 10.1. The van der Waals surface area contributed by atoms with Crippen LogP contribution in [0.1, 0.15) is 17.3 Å². The standard InChI is InChI=1S/C16H14ClFN2O3/c1-9(21)19-14-8-15(23-2)10(7-11(14)17)16(22)20-13-6-4-3-5-12(13)18/h3-8H,1-2H3,(H,19,21)(H,20,22). The minimum absolute atomic E-state index is 0.0432. The van der Waals surface area contributed by atoms with Crippen molar-refractivity contribution in [3.05, 3.63) is 52.8 Å². The van der Waals surface area contributed by atoms with E-state index in [-0.39, 0.29) is 27.9 Å². The maximum absolute atomic E-state index is 13.6. The van der Waals surface area contributed by atoms with Crippen molar-refractivity contribution in [2.75, 3.05) is 17.7 Å². The van der Waals surface area contributed by atoms with Gasteiger partial charge in [-0.05, 0) is 18.2 Å². The second-order valence-corrected chi connectivity index (χ2v) is 5.05. The number of carbonyl (C=O) groups excluding carboxylic acids is 2. The van der Waals surface area contributed by atoms with Gasteiger partial charge in [-0.2, -0.15) is 0 Å². The first-order valence-electron chi connectivity index (χ1n) is 6.63. The van der Waals surface area contributed by atoms with Crippen molar-refractivity contribution in [2.45, 2.75) is 6.92 Å². The molecule has 0 atom stereocenters. The molecule has 2 N–H and O–H groups in total. The summed E-state index contributed by atoms with van der Waals surface area (Å²) in [5.41, 5.74) is 0.481. The first-order chi connectivity index (χ1) is 10.9. The van der Waals surface area contributed by atoms with Crippen LogP contribution in [0.5, 0.6) is 5.75 Å². The molecule has 7 heteroatoms. The molecular weight excluding hydrogens is 323 g/mol. The van der Waals surface area contributed by atoms with Crippen LogP contribution >= 0.6 is 11.6 Å². The SMILES string of the molecule is COc1cc(NC(C)=O)c(Cl)cc1C(=O)Nc1ccccc1F. The normalized spacial score (nSPS) is 10.1. The van der Waals surface area contributed by atoms with E-state index < -0.39 is 11.7 Å². The number of benzene rings is 2. The summed E-state index contributed by atoms with van der Waals surface area (Å²) in [5.74, 6) is -1.24. The molecule has 0 fully saturated rings.